The van der Waals surface area contributed by atoms with E-state index in [0.29, 0.717) is 63.8 Å². The van der Waals surface area contributed by atoms with Crippen LogP contribution in [0.25, 0.3) is 33.1 Å². The SMILES string of the molecule is CN(C(=O)O)c1cc(F)cc2c1[nH]c1ncc(-c3cncc(C#N)c3)c(N3CCC(NC(=O)OC(C)(C)C)C3)c12. The molecule has 1 fully saturated rings. The summed E-state index contributed by atoms with van der Waals surface area (Å²) in [5, 5.41) is 23.0. The van der Waals surface area contributed by atoms with Gasteiger partial charge in [0, 0.05) is 55.2 Å². The first kappa shape index (κ1) is 26.7. The van der Waals surface area contributed by atoms with E-state index in [9.17, 15) is 24.3 Å². The zero-order valence-electron chi connectivity index (χ0n) is 22.4. The molecule has 12 heteroatoms. The van der Waals surface area contributed by atoms with E-state index in [1.54, 1.807) is 39.2 Å². The topological polar surface area (TPSA) is 147 Å². The van der Waals surface area contributed by atoms with Crippen LogP contribution in [0.3, 0.4) is 0 Å². The molecule has 11 nitrogen and oxygen atoms in total. The molecule has 1 aromatic carbocycles. The number of aromatic amines is 1. The molecule has 1 atom stereocenters. The summed E-state index contributed by atoms with van der Waals surface area (Å²) in [5.74, 6) is -0.605. The molecule has 0 radical (unpaired) electrons. The number of hydrogen-bond donors (Lipinski definition) is 3. The van der Waals surface area contributed by atoms with Crippen molar-refractivity contribution in [3.8, 4) is 17.2 Å². The van der Waals surface area contributed by atoms with Crippen molar-refractivity contribution in [1.82, 2.24) is 20.3 Å². The minimum atomic E-state index is -1.24. The number of amides is 2. The Labute approximate surface area is 229 Å². The lowest BCUT2D eigenvalue weighted by Gasteiger charge is -2.24. The van der Waals surface area contributed by atoms with Crippen molar-refractivity contribution in [2.24, 2.45) is 0 Å². The Morgan fingerprint density at radius 1 is 1.27 bits per heavy atom. The molecule has 1 saturated heterocycles. The standard InChI is InChI=1S/C28H28FN7O4/c1-28(2,3)40-26(37)33-18-5-6-36(14-18)24-20(16-7-15(10-30)11-31-12-16)13-32-25-22(24)19-8-17(29)9-21(23(19)34-25)35(4)27(38)39/h7-9,11-13,18H,5-6,14H2,1-4H3,(H,32,34)(H,33,37)(H,38,39). The highest BCUT2D eigenvalue weighted by atomic mass is 19.1. The number of anilines is 2. The number of hydrogen-bond acceptors (Lipinski definition) is 7. The molecule has 40 heavy (non-hydrogen) atoms. The van der Waals surface area contributed by atoms with E-state index >= 15 is 0 Å². The molecule has 0 bridgehead atoms. The summed E-state index contributed by atoms with van der Waals surface area (Å²) in [5.41, 5.74) is 2.73. The fraction of sp³-hybridized carbons (Fsp3) is 0.321. The molecule has 5 rings (SSSR count). The van der Waals surface area contributed by atoms with Gasteiger partial charge in [-0.2, -0.15) is 5.26 Å². The third kappa shape index (κ3) is 5.05. The number of ether oxygens (including phenoxy) is 1. The van der Waals surface area contributed by atoms with Gasteiger partial charge in [-0.25, -0.2) is 19.0 Å². The van der Waals surface area contributed by atoms with Gasteiger partial charge in [0.2, 0.25) is 0 Å². The smallest absolute Gasteiger partial charge is 0.411 e. The van der Waals surface area contributed by atoms with E-state index in [0.717, 1.165) is 11.0 Å². The largest absolute Gasteiger partial charge is 0.465 e. The number of carbonyl (C=O) groups is 2. The normalized spacial score (nSPS) is 15.3. The fourth-order valence-corrected chi connectivity index (χ4v) is 5.00. The maximum absolute atomic E-state index is 14.9. The maximum atomic E-state index is 14.9. The van der Waals surface area contributed by atoms with Crippen LogP contribution in [0.5, 0.6) is 0 Å². The molecule has 2 amide bonds. The molecule has 0 spiro atoms. The first-order valence-corrected chi connectivity index (χ1v) is 12.7. The predicted molar refractivity (Wildman–Crippen MR) is 148 cm³/mol. The van der Waals surface area contributed by atoms with Crippen LogP contribution in [0.15, 0.2) is 36.8 Å². The second kappa shape index (κ2) is 10.00. The van der Waals surface area contributed by atoms with Crippen LogP contribution in [-0.4, -0.2) is 64.0 Å². The number of aromatic nitrogens is 3. The van der Waals surface area contributed by atoms with Crippen LogP contribution in [-0.2, 0) is 4.74 Å². The number of fused-ring (bicyclic) bond motifs is 3. The Balaban J connectivity index is 1.68. The van der Waals surface area contributed by atoms with Crippen molar-refractivity contribution in [2.45, 2.75) is 38.8 Å². The van der Waals surface area contributed by atoms with Crippen LogP contribution in [0, 0.1) is 17.1 Å². The number of nitrogens with zero attached hydrogens (tertiary/aromatic N) is 5. The van der Waals surface area contributed by atoms with Crippen LogP contribution in [0.4, 0.5) is 25.4 Å². The zero-order valence-corrected chi connectivity index (χ0v) is 22.4. The molecule has 4 aromatic rings. The second-order valence-electron chi connectivity index (χ2n) is 10.7. The molecular formula is C28H28FN7O4. The quantitative estimate of drug-likeness (QED) is 0.324. The van der Waals surface area contributed by atoms with Crippen molar-refractivity contribution in [2.75, 3.05) is 29.9 Å². The molecule has 3 N–H and O–H groups in total. The Morgan fingerprint density at radius 3 is 2.75 bits per heavy atom. The minimum Gasteiger partial charge on any atom is -0.465 e. The zero-order chi connectivity index (χ0) is 28.8. The molecule has 1 aliphatic rings. The van der Waals surface area contributed by atoms with Gasteiger partial charge >= 0.3 is 12.2 Å². The summed E-state index contributed by atoms with van der Waals surface area (Å²) in [7, 11) is 1.34. The van der Waals surface area contributed by atoms with Gasteiger partial charge in [0.25, 0.3) is 0 Å². The molecule has 1 unspecified atom stereocenters. The van der Waals surface area contributed by atoms with Crippen LogP contribution in [0.2, 0.25) is 0 Å². The van der Waals surface area contributed by atoms with Gasteiger partial charge in [0.05, 0.1) is 33.9 Å². The highest BCUT2D eigenvalue weighted by molar-refractivity contribution is 6.18. The van der Waals surface area contributed by atoms with Gasteiger partial charge in [-0.15, -0.1) is 0 Å². The van der Waals surface area contributed by atoms with Crippen molar-refractivity contribution < 1.29 is 23.8 Å². The third-order valence-electron chi connectivity index (χ3n) is 6.70. The predicted octanol–water partition coefficient (Wildman–Crippen LogP) is 5.01. The number of pyridine rings is 2. The Morgan fingerprint density at radius 2 is 2.05 bits per heavy atom. The van der Waals surface area contributed by atoms with Crippen molar-refractivity contribution >= 4 is 45.5 Å². The summed E-state index contributed by atoms with van der Waals surface area (Å²) in [6.45, 7) is 6.37. The molecule has 0 saturated carbocycles. The number of H-pyrrole nitrogens is 1. The number of benzene rings is 1. The lowest BCUT2D eigenvalue weighted by atomic mass is 10.0. The first-order valence-electron chi connectivity index (χ1n) is 12.7. The molecule has 1 aliphatic heterocycles. The van der Waals surface area contributed by atoms with E-state index in [1.807, 2.05) is 0 Å². The molecular weight excluding hydrogens is 517 g/mol. The highest BCUT2D eigenvalue weighted by Crippen LogP contribution is 2.43. The summed E-state index contributed by atoms with van der Waals surface area (Å²) >= 11 is 0. The van der Waals surface area contributed by atoms with Crippen molar-refractivity contribution in [3.63, 3.8) is 0 Å². The number of alkyl carbamates (subject to hydrolysis) is 1. The highest BCUT2D eigenvalue weighted by Gasteiger charge is 2.31. The molecule has 0 aliphatic carbocycles. The summed E-state index contributed by atoms with van der Waals surface area (Å²) < 4.78 is 20.3. The monoisotopic (exact) mass is 545 g/mol. The molecule has 3 aromatic heterocycles. The summed E-state index contributed by atoms with van der Waals surface area (Å²) in [4.78, 5) is 39.2. The molecule has 4 heterocycles. The average molecular weight is 546 g/mol. The summed E-state index contributed by atoms with van der Waals surface area (Å²) in [6.07, 6.45) is 3.61. The number of rotatable bonds is 4. The van der Waals surface area contributed by atoms with E-state index in [2.05, 4.69) is 31.2 Å². The lowest BCUT2D eigenvalue weighted by Crippen LogP contribution is -2.40. The van der Waals surface area contributed by atoms with E-state index in [4.69, 9.17) is 4.74 Å². The Kier molecular flexibility index (Phi) is 6.67. The van der Waals surface area contributed by atoms with Gasteiger partial charge in [-0.1, -0.05) is 0 Å². The number of halogens is 1. The second-order valence-corrected chi connectivity index (χ2v) is 10.7. The van der Waals surface area contributed by atoms with Gasteiger partial charge in [-0.3, -0.25) is 9.88 Å². The fourth-order valence-electron chi connectivity index (χ4n) is 5.00. The average Bonchev–Trinajstić information content (AvgIpc) is 3.50. The minimum absolute atomic E-state index is 0.145. The number of carbonyl (C=O) groups excluding carboxylic acids is 1. The van der Waals surface area contributed by atoms with E-state index in [1.165, 1.54) is 19.3 Å². The van der Waals surface area contributed by atoms with Gasteiger partial charge in [0.1, 0.15) is 23.1 Å². The maximum Gasteiger partial charge on any atom is 0.411 e. The van der Waals surface area contributed by atoms with E-state index in [-0.39, 0.29) is 11.7 Å². The van der Waals surface area contributed by atoms with Crippen LogP contribution in [0.1, 0.15) is 32.8 Å². The number of carboxylic acid groups (broad SMARTS) is 1. The van der Waals surface area contributed by atoms with Gasteiger partial charge in [0.15, 0.2) is 0 Å². The Hall–Kier alpha value is -4.92. The van der Waals surface area contributed by atoms with Gasteiger partial charge < -0.3 is 25.0 Å². The lowest BCUT2D eigenvalue weighted by molar-refractivity contribution is 0.0509. The van der Waals surface area contributed by atoms with Crippen LogP contribution >= 0.6 is 0 Å². The van der Waals surface area contributed by atoms with Crippen molar-refractivity contribution in [3.05, 3.63) is 48.2 Å². The number of nitriles is 1. The van der Waals surface area contributed by atoms with Crippen molar-refractivity contribution in [1.29, 1.82) is 5.26 Å². The summed E-state index contributed by atoms with van der Waals surface area (Å²) in [6, 6.07) is 6.08. The Bertz CT molecular complexity index is 1690. The first-order chi connectivity index (χ1) is 18.9. The van der Waals surface area contributed by atoms with Crippen LogP contribution < -0.4 is 15.1 Å². The molecule has 206 valence electrons. The number of nitrogens with one attached hydrogen (secondary N) is 2. The third-order valence-corrected chi connectivity index (χ3v) is 6.70. The van der Waals surface area contributed by atoms with Gasteiger partial charge in [-0.05, 0) is 45.4 Å². The van der Waals surface area contributed by atoms with E-state index < -0.39 is 23.6 Å².